The molecule has 0 radical (unpaired) electrons. The van der Waals surface area contributed by atoms with E-state index >= 15 is 0 Å². The minimum absolute atomic E-state index is 0.221. The van der Waals surface area contributed by atoms with Gasteiger partial charge in [-0.3, -0.25) is 4.79 Å². The number of aryl methyl sites for hydroxylation is 1. The summed E-state index contributed by atoms with van der Waals surface area (Å²) in [6.45, 7) is 2.49. The lowest BCUT2D eigenvalue weighted by atomic mass is 10.1. The van der Waals surface area contributed by atoms with E-state index in [9.17, 15) is 4.79 Å². The van der Waals surface area contributed by atoms with Crippen LogP contribution in [0.5, 0.6) is 0 Å². The molecule has 0 saturated heterocycles. The molecule has 3 rings (SSSR count). The Morgan fingerprint density at radius 2 is 1.88 bits per heavy atom. The molecule has 2 aromatic carbocycles. The number of carbonyl (C=O) groups is 1. The molecule has 1 amide bonds. The highest BCUT2D eigenvalue weighted by molar-refractivity contribution is 8.01. The molecule has 0 spiro atoms. The van der Waals surface area contributed by atoms with Gasteiger partial charge < -0.3 is 5.32 Å². The fraction of sp³-hybridized carbons (Fsp3) is 0.118. The summed E-state index contributed by atoms with van der Waals surface area (Å²) in [4.78, 5) is 13.4. The normalized spacial score (nSPS) is 10.6. The molecule has 0 atom stereocenters. The van der Waals surface area contributed by atoms with Crippen molar-refractivity contribution in [1.82, 2.24) is 14.9 Å². The molecular weight excluding hydrogens is 362 g/mol. The zero-order valence-electron chi connectivity index (χ0n) is 12.8. The number of nitrogens with zero attached hydrogens (tertiary/aromatic N) is 2. The molecule has 24 heavy (non-hydrogen) atoms. The Morgan fingerprint density at radius 3 is 2.58 bits per heavy atom. The molecule has 1 aromatic heterocycles. The van der Waals surface area contributed by atoms with Gasteiger partial charge in [0, 0.05) is 16.5 Å². The number of hydrogen-bond acceptors (Lipinski definition) is 5. The van der Waals surface area contributed by atoms with E-state index in [4.69, 9.17) is 11.6 Å². The average molecular weight is 376 g/mol. The summed E-state index contributed by atoms with van der Waals surface area (Å²) >= 11 is 8.55. The molecule has 1 N–H and O–H groups in total. The molecule has 0 aliphatic carbocycles. The van der Waals surface area contributed by atoms with E-state index in [1.54, 1.807) is 0 Å². The Morgan fingerprint density at radius 1 is 1.17 bits per heavy atom. The molecule has 0 aliphatic rings. The van der Waals surface area contributed by atoms with Gasteiger partial charge in [0.1, 0.15) is 4.21 Å². The summed E-state index contributed by atoms with van der Waals surface area (Å²) in [5.41, 5.74) is 2.59. The zero-order valence-corrected chi connectivity index (χ0v) is 15.2. The second-order valence-corrected chi connectivity index (χ2v) is 7.67. The lowest BCUT2D eigenvalue weighted by Gasteiger charge is -2.05. The van der Waals surface area contributed by atoms with Crippen molar-refractivity contribution in [2.24, 2.45) is 0 Å². The van der Waals surface area contributed by atoms with Gasteiger partial charge in [-0.25, -0.2) is 0 Å². The number of amides is 1. The molecule has 7 heteroatoms. The van der Waals surface area contributed by atoms with Crippen molar-refractivity contribution in [2.45, 2.75) is 22.6 Å². The topological polar surface area (TPSA) is 54.9 Å². The van der Waals surface area contributed by atoms with Crippen LogP contribution in [-0.4, -0.2) is 15.5 Å². The molecule has 0 fully saturated rings. The molecule has 0 aliphatic heterocycles. The van der Waals surface area contributed by atoms with Crippen LogP contribution in [-0.2, 0) is 6.54 Å². The predicted molar refractivity (Wildman–Crippen MR) is 97.8 cm³/mol. The van der Waals surface area contributed by atoms with Crippen LogP contribution in [0.2, 0.25) is 5.02 Å². The van der Waals surface area contributed by atoms with Crippen molar-refractivity contribution in [1.29, 1.82) is 0 Å². The summed E-state index contributed by atoms with van der Waals surface area (Å²) in [6, 6.07) is 15.5. The quantitative estimate of drug-likeness (QED) is 0.709. The Bertz CT molecular complexity index is 832. The van der Waals surface area contributed by atoms with E-state index in [1.807, 2.05) is 55.5 Å². The van der Waals surface area contributed by atoms with Gasteiger partial charge in [-0.15, -0.1) is 5.10 Å². The molecular formula is C17H14ClN3OS2. The van der Waals surface area contributed by atoms with Gasteiger partial charge in [0.05, 0.1) is 0 Å². The fourth-order valence-electron chi connectivity index (χ4n) is 1.97. The van der Waals surface area contributed by atoms with Gasteiger partial charge in [0.15, 0.2) is 5.69 Å². The fourth-order valence-corrected chi connectivity index (χ4v) is 3.77. The SMILES string of the molecule is Cc1ccc(CNC(=O)c2nnsc2Sc2ccc(Cl)cc2)cc1. The van der Waals surface area contributed by atoms with Gasteiger partial charge in [-0.2, -0.15) is 0 Å². The summed E-state index contributed by atoms with van der Waals surface area (Å²) in [7, 11) is 0. The van der Waals surface area contributed by atoms with Crippen LogP contribution in [0.25, 0.3) is 0 Å². The Hall–Kier alpha value is -1.89. The first-order valence-corrected chi connectivity index (χ1v) is 9.18. The predicted octanol–water partition coefficient (Wildman–Crippen LogP) is 4.58. The van der Waals surface area contributed by atoms with E-state index in [-0.39, 0.29) is 5.91 Å². The molecule has 122 valence electrons. The first kappa shape index (κ1) is 17.0. The Balaban J connectivity index is 1.66. The maximum Gasteiger partial charge on any atom is 0.274 e. The third kappa shape index (κ3) is 4.35. The molecule has 3 aromatic rings. The maximum atomic E-state index is 12.4. The second-order valence-electron chi connectivity index (χ2n) is 5.13. The van der Waals surface area contributed by atoms with Crippen LogP contribution in [0.15, 0.2) is 57.6 Å². The van der Waals surface area contributed by atoms with Crippen molar-refractivity contribution in [3.05, 3.63) is 70.4 Å². The van der Waals surface area contributed by atoms with Crippen molar-refractivity contribution in [3.63, 3.8) is 0 Å². The number of halogens is 1. The third-order valence-electron chi connectivity index (χ3n) is 3.27. The number of nitrogens with one attached hydrogen (secondary N) is 1. The van der Waals surface area contributed by atoms with Crippen LogP contribution in [0, 0.1) is 6.92 Å². The Kier molecular flexibility index (Phi) is 5.50. The van der Waals surface area contributed by atoms with Gasteiger partial charge in [-0.1, -0.05) is 57.7 Å². The molecule has 0 saturated carbocycles. The number of rotatable bonds is 5. The summed E-state index contributed by atoms with van der Waals surface area (Å²) in [6.07, 6.45) is 0. The average Bonchev–Trinajstić information content (AvgIpc) is 3.04. The summed E-state index contributed by atoms with van der Waals surface area (Å²) in [5, 5.41) is 7.53. The zero-order chi connectivity index (χ0) is 16.9. The minimum atomic E-state index is -0.221. The summed E-state index contributed by atoms with van der Waals surface area (Å²) in [5.74, 6) is -0.221. The van der Waals surface area contributed by atoms with Crippen LogP contribution < -0.4 is 5.32 Å². The lowest BCUT2D eigenvalue weighted by Crippen LogP contribution is -2.23. The maximum absolute atomic E-state index is 12.4. The summed E-state index contributed by atoms with van der Waals surface area (Å²) < 4.78 is 4.67. The van der Waals surface area contributed by atoms with Crippen LogP contribution in [0.3, 0.4) is 0 Å². The second kappa shape index (κ2) is 7.79. The van der Waals surface area contributed by atoms with E-state index < -0.39 is 0 Å². The number of hydrogen-bond donors (Lipinski definition) is 1. The highest BCUT2D eigenvalue weighted by atomic mass is 35.5. The monoisotopic (exact) mass is 375 g/mol. The van der Waals surface area contributed by atoms with E-state index in [2.05, 4.69) is 14.9 Å². The third-order valence-corrected chi connectivity index (χ3v) is 5.41. The van der Waals surface area contributed by atoms with E-state index in [0.717, 1.165) is 14.7 Å². The number of carbonyl (C=O) groups excluding carboxylic acids is 1. The van der Waals surface area contributed by atoms with Crippen LogP contribution in [0.1, 0.15) is 21.6 Å². The standard InChI is InChI=1S/C17H14ClN3OS2/c1-11-2-4-12(5-3-11)10-19-16(22)15-17(24-21-20-15)23-14-8-6-13(18)7-9-14/h2-9H,10H2,1H3,(H,19,22). The highest BCUT2D eigenvalue weighted by Crippen LogP contribution is 2.32. The van der Waals surface area contributed by atoms with Crippen molar-refractivity contribution in [3.8, 4) is 0 Å². The molecule has 0 unspecified atom stereocenters. The minimum Gasteiger partial charge on any atom is -0.346 e. The largest absolute Gasteiger partial charge is 0.346 e. The van der Waals surface area contributed by atoms with E-state index in [0.29, 0.717) is 17.3 Å². The lowest BCUT2D eigenvalue weighted by molar-refractivity contribution is 0.0943. The van der Waals surface area contributed by atoms with Gasteiger partial charge in [-0.05, 0) is 48.3 Å². The van der Waals surface area contributed by atoms with Crippen LogP contribution >= 0.6 is 34.9 Å². The molecule has 0 bridgehead atoms. The van der Waals surface area contributed by atoms with Crippen molar-refractivity contribution >= 4 is 40.8 Å². The van der Waals surface area contributed by atoms with Crippen molar-refractivity contribution in [2.75, 3.05) is 0 Å². The molecule has 4 nitrogen and oxygen atoms in total. The van der Waals surface area contributed by atoms with E-state index in [1.165, 1.54) is 28.9 Å². The number of benzene rings is 2. The number of aromatic nitrogens is 2. The first-order valence-electron chi connectivity index (χ1n) is 7.21. The van der Waals surface area contributed by atoms with Gasteiger partial charge in [0.2, 0.25) is 0 Å². The van der Waals surface area contributed by atoms with Gasteiger partial charge >= 0.3 is 0 Å². The van der Waals surface area contributed by atoms with Gasteiger partial charge in [0.25, 0.3) is 5.91 Å². The van der Waals surface area contributed by atoms with Crippen molar-refractivity contribution < 1.29 is 4.79 Å². The first-order chi connectivity index (χ1) is 11.6. The Labute approximate surface area is 153 Å². The molecule has 1 heterocycles. The van der Waals surface area contributed by atoms with Crippen LogP contribution in [0.4, 0.5) is 0 Å². The smallest absolute Gasteiger partial charge is 0.274 e. The highest BCUT2D eigenvalue weighted by Gasteiger charge is 2.17.